The molecule has 0 radical (unpaired) electrons. The van der Waals surface area contributed by atoms with Crippen LogP contribution in [0.2, 0.25) is 0 Å². The monoisotopic (exact) mass is 470 g/mol. The lowest BCUT2D eigenvalue weighted by Crippen LogP contribution is -2.50. The van der Waals surface area contributed by atoms with Crippen molar-refractivity contribution >= 4 is 29.3 Å². The number of rotatable bonds is 8. The standard InChI is InChI=1S/C20H25F3N6O2S/c1-2-5-16-25-19(27-26-16)32-13-18(31)29-10-8-28(9-11-29)12-17(30)24-15-7-4-3-6-14(15)20(21,22)23/h3-4,6-7H,2,5,8-13H2,1H3,(H,24,30)(H,25,26,27). The van der Waals surface area contributed by atoms with Gasteiger partial charge in [-0.05, 0) is 18.6 Å². The summed E-state index contributed by atoms with van der Waals surface area (Å²) in [6.45, 7) is 3.82. The Morgan fingerprint density at radius 1 is 1.19 bits per heavy atom. The zero-order valence-corrected chi connectivity index (χ0v) is 18.4. The molecule has 8 nitrogen and oxygen atoms in total. The maximum atomic E-state index is 13.1. The minimum Gasteiger partial charge on any atom is -0.339 e. The molecule has 2 aromatic rings. The zero-order chi connectivity index (χ0) is 23.1. The van der Waals surface area contributed by atoms with E-state index in [1.807, 2.05) is 11.8 Å². The van der Waals surface area contributed by atoms with E-state index in [-0.39, 0.29) is 23.9 Å². The minimum atomic E-state index is -4.54. The predicted octanol–water partition coefficient (Wildman–Crippen LogP) is 2.65. The smallest absolute Gasteiger partial charge is 0.339 e. The Hall–Kier alpha value is -2.60. The van der Waals surface area contributed by atoms with E-state index in [0.717, 1.165) is 24.7 Å². The van der Waals surface area contributed by atoms with E-state index >= 15 is 0 Å². The number of hydrogen-bond acceptors (Lipinski definition) is 6. The molecule has 2 heterocycles. The molecule has 3 rings (SSSR count). The normalized spacial score (nSPS) is 15.1. The summed E-state index contributed by atoms with van der Waals surface area (Å²) in [5.41, 5.74) is -1.14. The number of alkyl halides is 3. The van der Waals surface area contributed by atoms with Crippen LogP contribution in [-0.4, -0.2) is 75.3 Å². The summed E-state index contributed by atoms with van der Waals surface area (Å²) in [6, 6.07) is 4.88. The van der Waals surface area contributed by atoms with Gasteiger partial charge in [-0.3, -0.25) is 19.6 Å². The summed E-state index contributed by atoms with van der Waals surface area (Å²) in [6.07, 6.45) is -2.79. The summed E-state index contributed by atoms with van der Waals surface area (Å²) >= 11 is 1.27. The number of nitrogens with one attached hydrogen (secondary N) is 2. The van der Waals surface area contributed by atoms with E-state index in [9.17, 15) is 22.8 Å². The number of H-pyrrole nitrogens is 1. The first kappa shape index (κ1) is 24.1. The highest BCUT2D eigenvalue weighted by Gasteiger charge is 2.33. The number of halogens is 3. The fourth-order valence-corrected chi connectivity index (χ4v) is 4.02. The fraction of sp³-hybridized carbons (Fsp3) is 0.500. The van der Waals surface area contributed by atoms with Crippen LogP contribution in [0.3, 0.4) is 0 Å². The van der Waals surface area contributed by atoms with Crippen LogP contribution in [0.4, 0.5) is 18.9 Å². The van der Waals surface area contributed by atoms with Crippen molar-refractivity contribution in [1.29, 1.82) is 0 Å². The molecule has 174 valence electrons. The summed E-state index contributed by atoms with van der Waals surface area (Å²) in [4.78, 5) is 32.5. The Morgan fingerprint density at radius 3 is 2.59 bits per heavy atom. The van der Waals surface area contributed by atoms with E-state index in [2.05, 4.69) is 20.5 Å². The van der Waals surface area contributed by atoms with Crippen molar-refractivity contribution in [1.82, 2.24) is 25.0 Å². The molecule has 0 spiro atoms. The van der Waals surface area contributed by atoms with Gasteiger partial charge in [0.25, 0.3) is 0 Å². The van der Waals surface area contributed by atoms with Gasteiger partial charge in [-0.25, -0.2) is 4.98 Å². The average Bonchev–Trinajstić information content (AvgIpc) is 3.20. The molecule has 0 atom stereocenters. The third kappa shape index (κ3) is 6.70. The van der Waals surface area contributed by atoms with Crippen molar-refractivity contribution in [2.24, 2.45) is 0 Å². The van der Waals surface area contributed by atoms with Crippen LogP contribution in [0, 0.1) is 0 Å². The van der Waals surface area contributed by atoms with Gasteiger partial charge in [-0.1, -0.05) is 30.8 Å². The van der Waals surface area contributed by atoms with Gasteiger partial charge in [0.05, 0.1) is 23.5 Å². The molecule has 1 saturated heterocycles. The summed E-state index contributed by atoms with van der Waals surface area (Å²) < 4.78 is 39.2. The number of carbonyl (C=O) groups is 2. The quantitative estimate of drug-likeness (QED) is 0.576. The molecule has 1 aromatic carbocycles. The Kier molecular flexibility index (Phi) is 8.13. The lowest BCUT2D eigenvalue weighted by Gasteiger charge is -2.34. The van der Waals surface area contributed by atoms with Crippen molar-refractivity contribution in [3.05, 3.63) is 35.7 Å². The lowest BCUT2D eigenvalue weighted by molar-refractivity contribution is -0.137. The highest BCUT2D eigenvalue weighted by Crippen LogP contribution is 2.34. The third-order valence-electron chi connectivity index (χ3n) is 4.92. The number of carbonyl (C=O) groups excluding carboxylic acids is 2. The molecule has 0 aliphatic carbocycles. The topological polar surface area (TPSA) is 94.2 Å². The van der Waals surface area contributed by atoms with Gasteiger partial charge in [0.2, 0.25) is 17.0 Å². The van der Waals surface area contributed by atoms with Crippen molar-refractivity contribution < 1.29 is 22.8 Å². The number of aromatic nitrogens is 3. The summed E-state index contributed by atoms with van der Waals surface area (Å²) in [5, 5.41) is 9.82. The Labute approximate surface area is 187 Å². The van der Waals surface area contributed by atoms with Gasteiger partial charge >= 0.3 is 6.18 Å². The fourth-order valence-electron chi connectivity index (χ4n) is 3.30. The van der Waals surface area contributed by atoms with Crippen LogP contribution in [0.5, 0.6) is 0 Å². The first-order valence-corrected chi connectivity index (χ1v) is 11.2. The number of aryl methyl sites for hydroxylation is 1. The zero-order valence-electron chi connectivity index (χ0n) is 17.6. The molecule has 12 heteroatoms. The van der Waals surface area contributed by atoms with Gasteiger partial charge < -0.3 is 10.2 Å². The van der Waals surface area contributed by atoms with Crippen LogP contribution in [0.1, 0.15) is 24.7 Å². The molecule has 0 saturated carbocycles. The molecule has 32 heavy (non-hydrogen) atoms. The molecule has 1 aliphatic rings. The van der Waals surface area contributed by atoms with Crippen molar-refractivity contribution in [2.75, 3.05) is 43.8 Å². The van der Waals surface area contributed by atoms with Crippen LogP contribution in [-0.2, 0) is 22.2 Å². The molecular formula is C20H25F3N6O2S. The van der Waals surface area contributed by atoms with Gasteiger partial charge in [-0.2, -0.15) is 13.2 Å². The van der Waals surface area contributed by atoms with E-state index in [1.165, 1.54) is 30.0 Å². The maximum absolute atomic E-state index is 13.1. The minimum absolute atomic E-state index is 0.0413. The second-order valence-electron chi connectivity index (χ2n) is 7.35. The van der Waals surface area contributed by atoms with Crippen LogP contribution in [0.15, 0.2) is 29.4 Å². The highest BCUT2D eigenvalue weighted by atomic mass is 32.2. The van der Waals surface area contributed by atoms with E-state index in [1.54, 1.807) is 4.90 Å². The number of benzene rings is 1. The number of thioether (sulfide) groups is 1. The number of amides is 2. The average molecular weight is 471 g/mol. The van der Waals surface area contributed by atoms with Crippen molar-refractivity contribution in [3.8, 4) is 0 Å². The first-order chi connectivity index (χ1) is 15.3. The molecule has 2 amide bonds. The second-order valence-corrected chi connectivity index (χ2v) is 8.29. The molecule has 0 unspecified atom stereocenters. The Morgan fingerprint density at radius 2 is 1.91 bits per heavy atom. The van der Waals surface area contributed by atoms with Gasteiger partial charge in [0, 0.05) is 32.6 Å². The SMILES string of the molecule is CCCc1nc(SCC(=O)N2CCN(CC(=O)Nc3ccccc3C(F)(F)F)CC2)n[nH]1. The Balaban J connectivity index is 1.42. The van der Waals surface area contributed by atoms with Crippen LogP contribution < -0.4 is 5.32 Å². The summed E-state index contributed by atoms with van der Waals surface area (Å²) in [7, 11) is 0. The van der Waals surface area contributed by atoms with Crippen molar-refractivity contribution in [3.63, 3.8) is 0 Å². The molecular weight excluding hydrogens is 445 g/mol. The second kappa shape index (κ2) is 10.8. The molecule has 1 aliphatic heterocycles. The van der Waals surface area contributed by atoms with E-state index in [0.29, 0.717) is 31.3 Å². The van der Waals surface area contributed by atoms with Gasteiger partial charge in [-0.15, -0.1) is 5.10 Å². The Bertz CT molecular complexity index is 928. The van der Waals surface area contributed by atoms with Crippen molar-refractivity contribution in [2.45, 2.75) is 31.1 Å². The molecule has 0 bridgehead atoms. The number of hydrogen-bond donors (Lipinski definition) is 2. The van der Waals surface area contributed by atoms with E-state index in [4.69, 9.17) is 0 Å². The number of nitrogens with zero attached hydrogens (tertiary/aromatic N) is 4. The number of aromatic amines is 1. The van der Waals surface area contributed by atoms with Crippen LogP contribution >= 0.6 is 11.8 Å². The third-order valence-corrected chi connectivity index (χ3v) is 5.75. The van der Waals surface area contributed by atoms with Gasteiger partial charge in [0.15, 0.2) is 0 Å². The van der Waals surface area contributed by atoms with E-state index < -0.39 is 17.6 Å². The number of para-hydroxylation sites is 1. The predicted molar refractivity (Wildman–Crippen MR) is 114 cm³/mol. The lowest BCUT2D eigenvalue weighted by atomic mass is 10.1. The largest absolute Gasteiger partial charge is 0.418 e. The summed E-state index contributed by atoms with van der Waals surface area (Å²) in [5.74, 6) is 0.453. The maximum Gasteiger partial charge on any atom is 0.418 e. The van der Waals surface area contributed by atoms with Crippen LogP contribution in [0.25, 0.3) is 0 Å². The number of anilines is 1. The highest BCUT2D eigenvalue weighted by molar-refractivity contribution is 7.99. The van der Waals surface area contributed by atoms with Gasteiger partial charge in [0.1, 0.15) is 5.82 Å². The number of piperazine rings is 1. The molecule has 2 N–H and O–H groups in total. The molecule has 1 aromatic heterocycles. The first-order valence-electron chi connectivity index (χ1n) is 10.3. The molecule has 1 fully saturated rings.